The third-order valence-corrected chi connectivity index (χ3v) is 6.00. The van der Waals surface area contributed by atoms with Crippen LogP contribution in [0.3, 0.4) is 0 Å². The lowest BCUT2D eigenvalue weighted by atomic mass is 10.2. The van der Waals surface area contributed by atoms with E-state index < -0.39 is 28.5 Å². The molecule has 0 fully saturated rings. The Labute approximate surface area is 163 Å². The minimum atomic E-state index is -3.58. The van der Waals surface area contributed by atoms with E-state index in [2.05, 4.69) is 5.32 Å². The fourth-order valence-corrected chi connectivity index (χ4v) is 3.93. The quantitative estimate of drug-likeness (QED) is 0.650. The van der Waals surface area contributed by atoms with Gasteiger partial charge >= 0.3 is 5.97 Å². The highest BCUT2D eigenvalue weighted by molar-refractivity contribution is 7.89. The Hall–Kier alpha value is -2.91. The first-order valence-corrected chi connectivity index (χ1v) is 10.1. The zero-order valence-corrected chi connectivity index (χ0v) is 16.4. The van der Waals surface area contributed by atoms with Gasteiger partial charge in [-0.25, -0.2) is 13.2 Å². The van der Waals surface area contributed by atoms with Gasteiger partial charge in [0.1, 0.15) is 11.3 Å². The second kappa shape index (κ2) is 9.34. The lowest BCUT2D eigenvalue weighted by molar-refractivity contribution is -0.119. The van der Waals surface area contributed by atoms with E-state index in [4.69, 9.17) is 4.74 Å². The smallest absolute Gasteiger partial charge is 0.342 e. The summed E-state index contributed by atoms with van der Waals surface area (Å²) in [5, 5.41) is 12.1. The van der Waals surface area contributed by atoms with E-state index in [1.807, 2.05) is 0 Å². The Morgan fingerprint density at radius 3 is 2.21 bits per heavy atom. The van der Waals surface area contributed by atoms with Crippen LogP contribution in [0, 0.1) is 0 Å². The standard InChI is InChI=1S/C19H22N2O6S/c1-3-21(4-2)28(25,26)15-11-9-14(10-12-15)20-18(23)13-27-19(24)16-7-5-6-8-17(16)22/h5-12,22H,3-4,13H2,1-2H3,(H,20,23). The number of sulfonamides is 1. The van der Waals surface area contributed by atoms with Crippen LogP contribution in [0.1, 0.15) is 24.2 Å². The summed E-state index contributed by atoms with van der Waals surface area (Å²) < 4.78 is 31.1. The van der Waals surface area contributed by atoms with Gasteiger partial charge in [-0.3, -0.25) is 4.79 Å². The zero-order valence-electron chi connectivity index (χ0n) is 15.6. The number of ether oxygens (including phenoxy) is 1. The molecule has 2 N–H and O–H groups in total. The van der Waals surface area contributed by atoms with Gasteiger partial charge < -0.3 is 15.2 Å². The SMILES string of the molecule is CCN(CC)S(=O)(=O)c1ccc(NC(=O)COC(=O)c2ccccc2O)cc1. The number of phenols is 1. The van der Waals surface area contributed by atoms with Crippen LogP contribution in [0.2, 0.25) is 0 Å². The molecule has 0 saturated heterocycles. The van der Waals surface area contributed by atoms with E-state index in [-0.39, 0.29) is 16.2 Å². The summed E-state index contributed by atoms with van der Waals surface area (Å²) in [6.45, 7) is 3.68. The molecule has 2 rings (SSSR count). The minimum absolute atomic E-state index is 0.0405. The van der Waals surface area contributed by atoms with E-state index >= 15 is 0 Å². The normalized spacial score (nSPS) is 11.2. The predicted molar refractivity (Wildman–Crippen MR) is 104 cm³/mol. The lowest BCUT2D eigenvalue weighted by Crippen LogP contribution is -2.30. The number of rotatable bonds is 8. The van der Waals surface area contributed by atoms with E-state index in [1.165, 1.54) is 40.7 Å². The van der Waals surface area contributed by atoms with Crippen molar-refractivity contribution in [1.82, 2.24) is 4.31 Å². The summed E-state index contributed by atoms with van der Waals surface area (Å²) >= 11 is 0. The highest BCUT2D eigenvalue weighted by Gasteiger charge is 2.21. The maximum absolute atomic E-state index is 12.4. The van der Waals surface area contributed by atoms with Crippen LogP contribution in [0.15, 0.2) is 53.4 Å². The molecule has 0 unspecified atom stereocenters. The van der Waals surface area contributed by atoms with Crippen molar-refractivity contribution < 1.29 is 27.9 Å². The van der Waals surface area contributed by atoms with Gasteiger partial charge in [0.25, 0.3) is 5.91 Å². The first kappa shape index (κ1) is 21.4. The number of carbonyl (C=O) groups excluding carboxylic acids is 2. The van der Waals surface area contributed by atoms with Gasteiger partial charge in [-0.15, -0.1) is 0 Å². The summed E-state index contributed by atoms with van der Waals surface area (Å²) in [6.07, 6.45) is 0. The van der Waals surface area contributed by atoms with Crippen molar-refractivity contribution in [2.45, 2.75) is 18.7 Å². The van der Waals surface area contributed by atoms with Crippen LogP contribution < -0.4 is 5.32 Å². The molecule has 2 aromatic rings. The summed E-state index contributed by atoms with van der Waals surface area (Å²) in [7, 11) is -3.58. The van der Waals surface area contributed by atoms with Crippen molar-refractivity contribution in [1.29, 1.82) is 0 Å². The van der Waals surface area contributed by atoms with Crippen molar-refractivity contribution in [3.63, 3.8) is 0 Å². The number of esters is 1. The third kappa shape index (κ3) is 5.08. The molecule has 9 heteroatoms. The maximum atomic E-state index is 12.4. The van der Waals surface area contributed by atoms with Crippen LogP contribution in [0.25, 0.3) is 0 Å². The molecule has 0 spiro atoms. The fraction of sp³-hybridized carbons (Fsp3) is 0.263. The van der Waals surface area contributed by atoms with E-state index in [0.29, 0.717) is 18.8 Å². The van der Waals surface area contributed by atoms with Gasteiger partial charge in [-0.1, -0.05) is 26.0 Å². The largest absolute Gasteiger partial charge is 0.507 e. The van der Waals surface area contributed by atoms with Crippen molar-refractivity contribution in [2.24, 2.45) is 0 Å². The molecule has 1 amide bonds. The van der Waals surface area contributed by atoms with Crippen LogP contribution in [-0.4, -0.2) is 49.4 Å². The van der Waals surface area contributed by atoms with Crippen LogP contribution in [0.5, 0.6) is 5.75 Å². The molecular weight excluding hydrogens is 384 g/mol. The van der Waals surface area contributed by atoms with Crippen molar-refractivity contribution in [2.75, 3.05) is 25.0 Å². The Kier molecular flexibility index (Phi) is 7.13. The highest BCUT2D eigenvalue weighted by Crippen LogP contribution is 2.19. The molecule has 0 aromatic heterocycles. The average molecular weight is 406 g/mol. The van der Waals surface area contributed by atoms with Gasteiger partial charge in [0.05, 0.1) is 4.90 Å². The number of amides is 1. The summed E-state index contributed by atoms with van der Waals surface area (Å²) in [4.78, 5) is 23.9. The Balaban J connectivity index is 1.96. The van der Waals surface area contributed by atoms with Crippen LogP contribution in [-0.2, 0) is 19.6 Å². The topological polar surface area (TPSA) is 113 Å². The number of hydrogen-bond acceptors (Lipinski definition) is 6. The Morgan fingerprint density at radius 2 is 1.64 bits per heavy atom. The number of hydrogen-bond donors (Lipinski definition) is 2. The van der Waals surface area contributed by atoms with Gasteiger partial charge in [-0.05, 0) is 36.4 Å². The first-order chi connectivity index (χ1) is 13.3. The number of anilines is 1. The second-order valence-electron chi connectivity index (χ2n) is 5.76. The van der Waals surface area contributed by atoms with E-state index in [9.17, 15) is 23.1 Å². The second-order valence-corrected chi connectivity index (χ2v) is 7.69. The number of nitrogens with one attached hydrogen (secondary N) is 1. The highest BCUT2D eigenvalue weighted by atomic mass is 32.2. The number of benzene rings is 2. The number of nitrogens with zero attached hydrogens (tertiary/aromatic N) is 1. The first-order valence-electron chi connectivity index (χ1n) is 8.64. The molecule has 0 atom stereocenters. The molecule has 28 heavy (non-hydrogen) atoms. The van der Waals surface area contributed by atoms with Crippen molar-refractivity contribution >= 4 is 27.6 Å². The summed E-state index contributed by atoms with van der Waals surface area (Å²) in [6, 6.07) is 11.6. The van der Waals surface area contributed by atoms with Crippen molar-refractivity contribution in [3.8, 4) is 5.75 Å². The van der Waals surface area contributed by atoms with Crippen LogP contribution >= 0.6 is 0 Å². The number of aromatic hydroxyl groups is 1. The number of phenolic OH excluding ortho intramolecular Hbond substituents is 1. The monoisotopic (exact) mass is 406 g/mol. The molecule has 0 bridgehead atoms. The van der Waals surface area contributed by atoms with Gasteiger partial charge in [-0.2, -0.15) is 4.31 Å². The van der Waals surface area contributed by atoms with Crippen LogP contribution in [0.4, 0.5) is 5.69 Å². The molecule has 8 nitrogen and oxygen atoms in total. The van der Waals surface area contributed by atoms with E-state index in [1.54, 1.807) is 26.0 Å². The molecular formula is C19H22N2O6S. The molecule has 0 aliphatic heterocycles. The zero-order chi connectivity index (χ0) is 20.7. The third-order valence-electron chi connectivity index (χ3n) is 3.94. The van der Waals surface area contributed by atoms with Crippen molar-refractivity contribution in [3.05, 3.63) is 54.1 Å². The molecule has 2 aromatic carbocycles. The average Bonchev–Trinajstić information content (AvgIpc) is 2.67. The molecule has 0 heterocycles. The summed E-state index contributed by atoms with van der Waals surface area (Å²) in [5.41, 5.74) is 0.323. The van der Waals surface area contributed by atoms with E-state index in [0.717, 1.165) is 0 Å². The molecule has 150 valence electrons. The van der Waals surface area contributed by atoms with Gasteiger partial charge in [0.2, 0.25) is 10.0 Å². The van der Waals surface area contributed by atoms with Gasteiger partial charge in [0.15, 0.2) is 6.61 Å². The van der Waals surface area contributed by atoms with Gasteiger partial charge in [0, 0.05) is 18.8 Å². The molecule has 0 radical (unpaired) electrons. The molecule has 0 aliphatic rings. The predicted octanol–water partition coefficient (Wildman–Crippen LogP) is 2.22. The fourth-order valence-electron chi connectivity index (χ4n) is 2.48. The Bertz CT molecular complexity index is 937. The summed E-state index contributed by atoms with van der Waals surface area (Å²) in [5.74, 6) is -1.66. The minimum Gasteiger partial charge on any atom is -0.507 e. The maximum Gasteiger partial charge on any atom is 0.342 e. The number of para-hydroxylation sites is 1. The molecule has 0 aliphatic carbocycles. The Morgan fingerprint density at radius 1 is 1.04 bits per heavy atom. The molecule has 0 saturated carbocycles. The number of carbonyl (C=O) groups is 2. The lowest BCUT2D eigenvalue weighted by Gasteiger charge is -2.18.